The molecular formula is C21H33NO6. The quantitative estimate of drug-likeness (QED) is 0.456. The molecule has 1 aromatic heterocycles. The third-order valence-corrected chi connectivity index (χ3v) is 5.18. The summed E-state index contributed by atoms with van der Waals surface area (Å²) in [5.74, 6) is 0.745. The summed E-state index contributed by atoms with van der Waals surface area (Å²) in [6, 6.07) is 0. The predicted octanol–water partition coefficient (Wildman–Crippen LogP) is 4.72. The number of nitrogens with one attached hydrogen (secondary N) is 1. The number of fused-ring (bicyclic) bond motifs is 1. The van der Waals surface area contributed by atoms with Crippen molar-refractivity contribution in [3.05, 3.63) is 11.4 Å². The van der Waals surface area contributed by atoms with E-state index in [-0.39, 0.29) is 18.6 Å². The van der Waals surface area contributed by atoms with Gasteiger partial charge in [0.25, 0.3) is 0 Å². The van der Waals surface area contributed by atoms with Crippen molar-refractivity contribution in [2.45, 2.75) is 78.3 Å². The van der Waals surface area contributed by atoms with Gasteiger partial charge in [-0.15, -0.1) is 0 Å². The fraction of sp³-hybridized carbons (Fsp3) is 0.762. The van der Waals surface area contributed by atoms with Crippen molar-refractivity contribution in [1.29, 1.82) is 0 Å². The summed E-state index contributed by atoms with van der Waals surface area (Å²) in [5.41, 5.74) is 0.843. The number of carbonyl (C=O) groups excluding carboxylic acids is 1. The molecule has 7 nitrogen and oxygen atoms in total. The molecule has 3 rings (SSSR count). The third kappa shape index (κ3) is 5.00. The Morgan fingerprint density at radius 2 is 1.71 bits per heavy atom. The number of esters is 1. The Hall–Kier alpha value is -1.73. The second kappa shape index (κ2) is 10.2. The zero-order valence-corrected chi connectivity index (χ0v) is 17.3. The van der Waals surface area contributed by atoms with Crippen molar-refractivity contribution in [2.24, 2.45) is 5.92 Å². The van der Waals surface area contributed by atoms with Crippen molar-refractivity contribution < 1.29 is 28.5 Å². The smallest absolute Gasteiger partial charge is 0.358 e. The van der Waals surface area contributed by atoms with Crippen LogP contribution in [0.5, 0.6) is 11.5 Å². The van der Waals surface area contributed by atoms with E-state index in [1.807, 2.05) is 6.92 Å². The van der Waals surface area contributed by atoms with Crippen LogP contribution in [-0.2, 0) is 14.2 Å². The van der Waals surface area contributed by atoms with E-state index in [4.69, 9.17) is 23.7 Å². The lowest BCUT2D eigenvalue weighted by molar-refractivity contribution is -0.384. The molecular weight excluding hydrogens is 362 g/mol. The van der Waals surface area contributed by atoms with E-state index in [9.17, 15) is 4.79 Å². The summed E-state index contributed by atoms with van der Waals surface area (Å²) in [6.45, 7) is 7.18. The van der Waals surface area contributed by atoms with Crippen molar-refractivity contribution >= 4 is 5.97 Å². The molecule has 1 unspecified atom stereocenters. The van der Waals surface area contributed by atoms with Crippen LogP contribution < -0.4 is 9.47 Å². The molecule has 1 N–H and O–H groups in total. The summed E-state index contributed by atoms with van der Waals surface area (Å²) in [7, 11) is 0. The number of rotatable bonds is 10. The van der Waals surface area contributed by atoms with E-state index in [0.29, 0.717) is 36.3 Å². The van der Waals surface area contributed by atoms with Crippen molar-refractivity contribution in [3.63, 3.8) is 0 Å². The molecule has 0 radical (unpaired) electrons. The molecule has 158 valence electrons. The van der Waals surface area contributed by atoms with Gasteiger partial charge >= 0.3 is 5.97 Å². The van der Waals surface area contributed by atoms with Gasteiger partial charge in [-0.3, -0.25) is 0 Å². The first kappa shape index (κ1) is 21.0. The SMILES string of the molecule is CCCCCCCCC1COc2c(C(=O)OCC)[nH]c(C3OC(C)O3)c2OC1. The van der Waals surface area contributed by atoms with Gasteiger partial charge in [-0.25, -0.2) is 4.79 Å². The molecule has 1 saturated heterocycles. The Kier molecular flexibility index (Phi) is 7.62. The summed E-state index contributed by atoms with van der Waals surface area (Å²) >= 11 is 0. The molecule has 1 atom stereocenters. The van der Waals surface area contributed by atoms with Gasteiger partial charge < -0.3 is 28.7 Å². The van der Waals surface area contributed by atoms with Gasteiger partial charge in [0.1, 0.15) is 5.69 Å². The van der Waals surface area contributed by atoms with Gasteiger partial charge in [-0.05, 0) is 20.3 Å². The van der Waals surface area contributed by atoms with E-state index in [1.165, 1.54) is 38.5 Å². The maximum Gasteiger partial charge on any atom is 0.358 e. The summed E-state index contributed by atoms with van der Waals surface area (Å²) in [6.07, 6.45) is 7.78. The van der Waals surface area contributed by atoms with Crippen LogP contribution in [0.2, 0.25) is 0 Å². The van der Waals surface area contributed by atoms with Gasteiger partial charge in [0.05, 0.1) is 19.8 Å². The highest BCUT2D eigenvalue weighted by Gasteiger charge is 2.38. The number of hydrogen-bond donors (Lipinski definition) is 1. The lowest BCUT2D eigenvalue weighted by Crippen LogP contribution is -2.32. The summed E-state index contributed by atoms with van der Waals surface area (Å²) < 4.78 is 28.4. The van der Waals surface area contributed by atoms with Gasteiger partial charge in [0, 0.05) is 5.92 Å². The fourth-order valence-electron chi connectivity index (χ4n) is 3.60. The minimum Gasteiger partial charge on any atom is -0.487 e. The van der Waals surface area contributed by atoms with Crippen LogP contribution >= 0.6 is 0 Å². The second-order valence-corrected chi connectivity index (χ2v) is 7.51. The standard InChI is InChI=1S/C21H33NO6/c1-4-6-7-8-9-10-11-15-12-25-18-16(20(23)24-5-2)22-17(19(18)26-13-15)21-27-14(3)28-21/h14-15,21-22H,4-13H2,1-3H3. The van der Waals surface area contributed by atoms with E-state index < -0.39 is 12.3 Å². The Labute approximate surface area is 167 Å². The molecule has 1 fully saturated rings. The lowest BCUT2D eigenvalue weighted by atomic mass is 10.0. The first-order valence-corrected chi connectivity index (χ1v) is 10.6. The van der Waals surface area contributed by atoms with Gasteiger partial charge in [0.15, 0.2) is 23.5 Å². The minimum atomic E-state index is -0.578. The van der Waals surface area contributed by atoms with Crippen molar-refractivity contribution in [2.75, 3.05) is 19.8 Å². The molecule has 0 spiro atoms. The molecule has 3 heterocycles. The molecule has 0 bridgehead atoms. The molecule has 0 saturated carbocycles. The van der Waals surface area contributed by atoms with Gasteiger partial charge in [0.2, 0.25) is 6.29 Å². The highest BCUT2D eigenvalue weighted by atomic mass is 16.9. The molecule has 0 aliphatic carbocycles. The topological polar surface area (TPSA) is 79.0 Å². The van der Waals surface area contributed by atoms with Crippen LogP contribution in [0, 0.1) is 5.92 Å². The second-order valence-electron chi connectivity index (χ2n) is 7.51. The number of H-pyrrole nitrogens is 1. The van der Waals surface area contributed by atoms with Crippen molar-refractivity contribution in [1.82, 2.24) is 4.98 Å². The van der Waals surface area contributed by atoms with E-state index in [1.54, 1.807) is 6.92 Å². The van der Waals surface area contributed by atoms with Crippen LogP contribution in [-0.4, -0.2) is 37.1 Å². The first-order valence-electron chi connectivity index (χ1n) is 10.6. The highest BCUT2D eigenvalue weighted by molar-refractivity contribution is 5.92. The lowest BCUT2D eigenvalue weighted by Gasteiger charge is -2.33. The van der Waals surface area contributed by atoms with E-state index >= 15 is 0 Å². The van der Waals surface area contributed by atoms with Crippen LogP contribution in [0.3, 0.4) is 0 Å². The number of unbranched alkanes of at least 4 members (excludes halogenated alkanes) is 5. The number of aromatic nitrogens is 1. The van der Waals surface area contributed by atoms with E-state index in [0.717, 1.165) is 6.42 Å². The predicted molar refractivity (Wildman–Crippen MR) is 104 cm³/mol. The fourth-order valence-corrected chi connectivity index (χ4v) is 3.60. The molecule has 0 amide bonds. The monoisotopic (exact) mass is 395 g/mol. The van der Waals surface area contributed by atoms with E-state index in [2.05, 4.69) is 11.9 Å². The average Bonchev–Trinajstić information content (AvgIpc) is 2.88. The maximum absolute atomic E-state index is 12.3. The molecule has 2 aliphatic heterocycles. The molecule has 0 aromatic carbocycles. The first-order chi connectivity index (χ1) is 13.6. The molecule has 2 aliphatic rings. The summed E-state index contributed by atoms with van der Waals surface area (Å²) in [5, 5.41) is 0. The minimum absolute atomic E-state index is 0.263. The Balaban J connectivity index is 1.62. The Morgan fingerprint density at radius 3 is 2.39 bits per heavy atom. The Morgan fingerprint density at radius 1 is 1.04 bits per heavy atom. The van der Waals surface area contributed by atoms with Gasteiger partial charge in [-0.1, -0.05) is 45.4 Å². The third-order valence-electron chi connectivity index (χ3n) is 5.18. The molecule has 28 heavy (non-hydrogen) atoms. The van der Waals surface area contributed by atoms with Crippen LogP contribution in [0.4, 0.5) is 0 Å². The summed E-state index contributed by atoms with van der Waals surface area (Å²) in [4.78, 5) is 15.4. The van der Waals surface area contributed by atoms with Gasteiger partial charge in [-0.2, -0.15) is 0 Å². The van der Waals surface area contributed by atoms with Crippen LogP contribution in [0.25, 0.3) is 0 Å². The Bertz CT molecular complexity index is 637. The number of aromatic amines is 1. The zero-order chi connectivity index (χ0) is 19.9. The highest BCUT2D eigenvalue weighted by Crippen LogP contribution is 2.45. The van der Waals surface area contributed by atoms with Crippen LogP contribution in [0.1, 0.15) is 88.2 Å². The molecule has 7 heteroatoms. The number of carbonyl (C=O) groups is 1. The maximum atomic E-state index is 12.3. The number of ether oxygens (including phenoxy) is 5. The van der Waals surface area contributed by atoms with Crippen molar-refractivity contribution in [3.8, 4) is 11.5 Å². The normalized spacial score (nSPS) is 23.8. The largest absolute Gasteiger partial charge is 0.487 e. The average molecular weight is 395 g/mol. The molecule has 1 aromatic rings. The number of hydrogen-bond acceptors (Lipinski definition) is 6. The zero-order valence-electron chi connectivity index (χ0n) is 17.3. The van der Waals surface area contributed by atoms with Crippen LogP contribution in [0.15, 0.2) is 0 Å².